The Hall–Kier alpha value is -3.65. The number of aromatic nitrogens is 2. The van der Waals surface area contributed by atoms with Crippen LogP contribution < -0.4 is 11.3 Å². The van der Waals surface area contributed by atoms with Crippen molar-refractivity contribution >= 4 is 17.1 Å². The van der Waals surface area contributed by atoms with Crippen LogP contribution in [0.1, 0.15) is 63.8 Å². The molecule has 0 spiro atoms. The lowest BCUT2D eigenvalue weighted by Crippen LogP contribution is -2.25. The molecule has 3 heterocycles. The molecule has 8 heteroatoms. The van der Waals surface area contributed by atoms with E-state index in [2.05, 4.69) is 11.3 Å². The maximum absolute atomic E-state index is 13.1. The molecule has 196 valence electrons. The van der Waals surface area contributed by atoms with Gasteiger partial charge in [-0.2, -0.15) is 0 Å². The Morgan fingerprint density at radius 3 is 2.42 bits per heavy atom. The van der Waals surface area contributed by atoms with Crippen LogP contribution in [0.4, 0.5) is 4.79 Å². The smallest absolute Gasteiger partial charge is 0.508 e. The number of phenols is 1. The molecule has 8 nitrogen and oxygen atoms in total. The normalized spacial score (nSPS) is 10.3. The molecule has 36 heavy (non-hydrogen) atoms. The fourth-order valence-corrected chi connectivity index (χ4v) is 3.87. The lowest BCUT2D eigenvalue weighted by atomic mass is 9.98. The Labute approximate surface area is 213 Å². The molecule has 1 aliphatic rings. The van der Waals surface area contributed by atoms with Crippen LogP contribution in [0.2, 0.25) is 0 Å². The summed E-state index contributed by atoms with van der Waals surface area (Å²) < 4.78 is 11.2. The maximum atomic E-state index is 13.1. The lowest BCUT2D eigenvalue weighted by molar-refractivity contribution is 0.0783. The standard InChI is InChI=1S/C22H20N2O5.C2H7N.2C2H6/c1-4-14-15-9-13(25)6-7-18(15)23-20-16(14)10-24-19(20)8-12(3)17(21(24)26)11-29-22(27)28-5-2;1-2-3;2*1-2/h5-9,25H,2,4,10-11H2,1,3H3;2-3H2,1H3;2*1-2H3. The van der Waals surface area contributed by atoms with E-state index in [1.807, 2.05) is 47.6 Å². The molecule has 3 N–H and O–H groups in total. The van der Waals surface area contributed by atoms with Gasteiger partial charge >= 0.3 is 6.16 Å². The number of nitrogens with zero attached hydrogens (tertiary/aromatic N) is 2. The maximum Gasteiger partial charge on any atom is 0.513 e. The molecule has 0 saturated carbocycles. The molecule has 4 rings (SSSR count). The number of ether oxygens (including phenoxy) is 2. The summed E-state index contributed by atoms with van der Waals surface area (Å²) in [5.41, 5.74) is 10.1. The molecule has 0 saturated heterocycles. The Morgan fingerprint density at radius 1 is 1.19 bits per heavy atom. The molecule has 1 aromatic carbocycles. The number of fused-ring (bicyclic) bond motifs is 4. The summed E-state index contributed by atoms with van der Waals surface area (Å²) in [6.45, 7) is 18.0. The number of carbonyl (C=O) groups is 1. The van der Waals surface area contributed by atoms with E-state index in [1.54, 1.807) is 29.7 Å². The molecular weight excluding hydrogens is 458 g/mol. The average molecular weight is 498 g/mol. The van der Waals surface area contributed by atoms with Gasteiger partial charge in [-0.05, 0) is 55.3 Å². The fraction of sp³-hybridized carbons (Fsp3) is 0.393. The van der Waals surface area contributed by atoms with Crippen molar-refractivity contribution < 1.29 is 19.4 Å². The van der Waals surface area contributed by atoms with Crippen molar-refractivity contribution in [2.75, 3.05) is 6.54 Å². The highest BCUT2D eigenvalue weighted by atomic mass is 16.7. The molecular formula is C28H39N3O5. The van der Waals surface area contributed by atoms with Crippen LogP contribution in [-0.4, -0.2) is 27.4 Å². The van der Waals surface area contributed by atoms with Gasteiger partial charge in [-0.1, -0.05) is 48.1 Å². The van der Waals surface area contributed by atoms with E-state index in [4.69, 9.17) is 15.5 Å². The summed E-state index contributed by atoms with van der Waals surface area (Å²) in [4.78, 5) is 29.3. The predicted octanol–water partition coefficient (Wildman–Crippen LogP) is 5.82. The third-order valence-electron chi connectivity index (χ3n) is 5.24. The lowest BCUT2D eigenvalue weighted by Gasteiger charge is -2.11. The van der Waals surface area contributed by atoms with Crippen molar-refractivity contribution in [2.45, 2.75) is 68.0 Å². The molecule has 1 aliphatic heterocycles. The third-order valence-corrected chi connectivity index (χ3v) is 5.24. The van der Waals surface area contributed by atoms with Crippen LogP contribution >= 0.6 is 0 Å². The van der Waals surface area contributed by atoms with Gasteiger partial charge in [0.2, 0.25) is 0 Å². The zero-order valence-electron chi connectivity index (χ0n) is 22.5. The number of aryl methyl sites for hydroxylation is 2. The van der Waals surface area contributed by atoms with Crippen LogP contribution in [0.25, 0.3) is 22.3 Å². The van der Waals surface area contributed by atoms with E-state index in [-0.39, 0.29) is 17.9 Å². The molecule has 0 aliphatic carbocycles. The molecule has 0 bridgehead atoms. The van der Waals surface area contributed by atoms with Gasteiger partial charge in [-0.25, -0.2) is 9.78 Å². The summed E-state index contributed by atoms with van der Waals surface area (Å²) in [5, 5.41) is 10.8. The van der Waals surface area contributed by atoms with Gasteiger partial charge in [0.1, 0.15) is 12.4 Å². The van der Waals surface area contributed by atoms with E-state index < -0.39 is 6.16 Å². The molecule has 0 atom stereocenters. The number of pyridine rings is 2. The minimum absolute atomic E-state index is 0.183. The molecule has 2 aromatic heterocycles. The quantitative estimate of drug-likeness (QED) is 0.270. The zero-order valence-corrected chi connectivity index (χ0v) is 22.5. The summed E-state index contributed by atoms with van der Waals surface area (Å²) in [7, 11) is 0. The number of hydrogen-bond donors (Lipinski definition) is 2. The van der Waals surface area contributed by atoms with E-state index in [1.165, 1.54) is 0 Å². The van der Waals surface area contributed by atoms with Gasteiger partial charge in [-0.15, -0.1) is 0 Å². The summed E-state index contributed by atoms with van der Waals surface area (Å²) >= 11 is 0. The second kappa shape index (κ2) is 14.7. The Kier molecular flexibility index (Phi) is 12.4. The van der Waals surface area contributed by atoms with Crippen molar-refractivity contribution in [3.8, 4) is 17.1 Å². The SMILES string of the molecule is C=COC(=O)OCc1c(C)cc2n(c1=O)Cc1c-2nc2ccc(O)cc2c1CC.CC.CC.CCN. The van der Waals surface area contributed by atoms with Crippen molar-refractivity contribution in [3.63, 3.8) is 0 Å². The first kappa shape index (κ1) is 30.4. The van der Waals surface area contributed by atoms with Gasteiger partial charge < -0.3 is 24.9 Å². The number of hydrogen-bond acceptors (Lipinski definition) is 7. The van der Waals surface area contributed by atoms with Crippen LogP contribution in [0, 0.1) is 6.92 Å². The van der Waals surface area contributed by atoms with Crippen molar-refractivity contribution in [2.24, 2.45) is 5.73 Å². The Balaban J connectivity index is 0.000000844. The fourth-order valence-electron chi connectivity index (χ4n) is 3.87. The van der Waals surface area contributed by atoms with Crippen LogP contribution in [0.3, 0.4) is 0 Å². The Morgan fingerprint density at radius 2 is 1.83 bits per heavy atom. The van der Waals surface area contributed by atoms with Gasteiger partial charge in [-0.3, -0.25) is 4.79 Å². The number of nitrogens with two attached hydrogens (primary N) is 1. The highest BCUT2D eigenvalue weighted by Crippen LogP contribution is 2.37. The highest BCUT2D eigenvalue weighted by molar-refractivity contribution is 5.89. The molecule has 0 unspecified atom stereocenters. The van der Waals surface area contributed by atoms with E-state index in [9.17, 15) is 14.7 Å². The number of carbonyl (C=O) groups excluding carboxylic acids is 1. The monoisotopic (exact) mass is 497 g/mol. The van der Waals surface area contributed by atoms with Gasteiger partial charge in [0.15, 0.2) is 0 Å². The van der Waals surface area contributed by atoms with Crippen molar-refractivity contribution in [3.05, 3.63) is 69.7 Å². The van der Waals surface area contributed by atoms with Crippen LogP contribution in [0.15, 0.2) is 41.9 Å². The first-order valence-corrected chi connectivity index (χ1v) is 12.4. The minimum atomic E-state index is -0.909. The zero-order chi connectivity index (χ0) is 27.4. The first-order valence-electron chi connectivity index (χ1n) is 12.4. The van der Waals surface area contributed by atoms with Crippen molar-refractivity contribution in [1.82, 2.24) is 9.55 Å². The second-order valence-corrected chi connectivity index (χ2v) is 7.29. The van der Waals surface area contributed by atoms with Crippen molar-refractivity contribution in [1.29, 1.82) is 0 Å². The van der Waals surface area contributed by atoms with Gasteiger partial charge in [0.05, 0.1) is 35.3 Å². The number of rotatable bonds is 4. The molecule has 0 fully saturated rings. The van der Waals surface area contributed by atoms with E-state index in [0.717, 1.165) is 52.6 Å². The average Bonchev–Trinajstić information content (AvgIpc) is 3.23. The van der Waals surface area contributed by atoms with Crippen LogP contribution in [-0.2, 0) is 29.0 Å². The molecule has 0 amide bonds. The summed E-state index contributed by atoms with van der Waals surface area (Å²) in [6.07, 6.45) is 0.811. The topological polar surface area (TPSA) is 117 Å². The Bertz CT molecular complexity index is 1250. The van der Waals surface area contributed by atoms with Gasteiger partial charge in [0.25, 0.3) is 5.56 Å². The molecule has 0 radical (unpaired) electrons. The number of benzene rings is 1. The van der Waals surface area contributed by atoms with E-state index in [0.29, 0.717) is 17.7 Å². The minimum Gasteiger partial charge on any atom is -0.508 e. The molecule has 3 aromatic rings. The van der Waals surface area contributed by atoms with Crippen LogP contribution in [0.5, 0.6) is 5.75 Å². The third kappa shape index (κ3) is 6.51. The summed E-state index contributed by atoms with van der Waals surface area (Å²) in [6, 6.07) is 6.99. The number of phenolic OH excluding ortho intramolecular Hbond substituents is 1. The van der Waals surface area contributed by atoms with Gasteiger partial charge in [0, 0.05) is 10.9 Å². The highest BCUT2D eigenvalue weighted by Gasteiger charge is 2.27. The van der Waals surface area contributed by atoms with E-state index >= 15 is 0 Å². The summed E-state index contributed by atoms with van der Waals surface area (Å²) in [5.74, 6) is 0.184. The number of aromatic hydroxyl groups is 1. The second-order valence-electron chi connectivity index (χ2n) is 7.29. The largest absolute Gasteiger partial charge is 0.513 e. The first-order chi connectivity index (χ1) is 17.4. The predicted molar refractivity (Wildman–Crippen MR) is 145 cm³/mol.